The van der Waals surface area contributed by atoms with Crippen LogP contribution >= 0.6 is 0 Å². The van der Waals surface area contributed by atoms with E-state index in [0.717, 1.165) is 50.5 Å². The second-order valence-electron chi connectivity index (χ2n) is 14.6. The van der Waals surface area contributed by atoms with E-state index in [2.05, 4.69) is 13.8 Å². The van der Waals surface area contributed by atoms with Gasteiger partial charge in [-0.1, -0.05) is 13.8 Å². The molecule has 6 fully saturated rings. The lowest BCUT2D eigenvalue weighted by atomic mass is 9.43. The molecule has 15 atom stereocenters. The Morgan fingerprint density at radius 2 is 1.88 bits per heavy atom. The van der Waals surface area contributed by atoms with Crippen molar-refractivity contribution in [1.82, 2.24) is 0 Å². The fourth-order valence-electron chi connectivity index (χ4n) is 10.7. The van der Waals surface area contributed by atoms with Crippen LogP contribution in [0.25, 0.3) is 0 Å². The molecule has 0 radical (unpaired) electrons. The number of ether oxygens (including phenoxy) is 6. The number of hydrogen-bond acceptors (Lipinski definition) is 10. The zero-order valence-electron chi connectivity index (χ0n) is 25.3. The van der Waals surface area contributed by atoms with Crippen LogP contribution in [0.2, 0.25) is 0 Å². The average Bonchev–Trinajstić information content (AvgIpc) is 3.54. The minimum atomic E-state index is -0.938. The summed E-state index contributed by atoms with van der Waals surface area (Å²) in [7, 11) is 1.49. The molecule has 0 amide bonds. The second-order valence-corrected chi connectivity index (χ2v) is 14.6. The quantitative estimate of drug-likeness (QED) is 0.280. The van der Waals surface area contributed by atoms with Gasteiger partial charge in [-0.2, -0.15) is 0 Å². The van der Waals surface area contributed by atoms with Gasteiger partial charge in [0, 0.05) is 25.5 Å². The summed E-state index contributed by atoms with van der Waals surface area (Å²) < 4.78 is 35.5. The summed E-state index contributed by atoms with van der Waals surface area (Å²) in [4.78, 5) is 23.8. The van der Waals surface area contributed by atoms with Gasteiger partial charge < -0.3 is 38.6 Å². The highest BCUT2D eigenvalue weighted by Crippen LogP contribution is 2.74. The molecule has 0 bridgehead atoms. The van der Waals surface area contributed by atoms with Gasteiger partial charge in [0.25, 0.3) is 0 Å². The van der Waals surface area contributed by atoms with E-state index in [1.54, 1.807) is 13.0 Å². The standard InChI is InChI=1S/C32H46O10/c1-15-24(35)26(37-5)27(40-16(2)33)29(39-15)41-19-8-10-30(3)18(13-19)6-7-21-23(30)25-28(42-25)31(4)20(9-11-32(21,31)36)17-12-22(34)38-14-17/h12,15,18-21,23-29,35-36H,6-11,13-14H2,1-5H3. The van der Waals surface area contributed by atoms with Crippen molar-refractivity contribution < 1.29 is 48.2 Å². The molecule has 0 spiro atoms. The number of esters is 2. The van der Waals surface area contributed by atoms with Crippen LogP contribution in [0.1, 0.15) is 72.6 Å². The molecule has 15 unspecified atom stereocenters. The number of cyclic esters (lactones) is 1. The molecule has 234 valence electrons. The molecule has 7 aliphatic rings. The highest BCUT2D eigenvalue weighted by Gasteiger charge is 2.79. The van der Waals surface area contributed by atoms with Gasteiger partial charge in [0.15, 0.2) is 12.4 Å². The smallest absolute Gasteiger partial charge is 0.331 e. The maximum Gasteiger partial charge on any atom is 0.331 e. The third-order valence-corrected chi connectivity index (χ3v) is 12.9. The molecule has 2 saturated heterocycles. The summed E-state index contributed by atoms with van der Waals surface area (Å²) >= 11 is 0. The summed E-state index contributed by atoms with van der Waals surface area (Å²) in [6.45, 7) is 8.02. The van der Waals surface area contributed by atoms with Crippen molar-refractivity contribution in [3.8, 4) is 0 Å². The predicted molar refractivity (Wildman–Crippen MR) is 147 cm³/mol. The molecule has 42 heavy (non-hydrogen) atoms. The van der Waals surface area contributed by atoms with Gasteiger partial charge in [-0.3, -0.25) is 4.79 Å². The van der Waals surface area contributed by atoms with Crippen LogP contribution in [0.5, 0.6) is 0 Å². The van der Waals surface area contributed by atoms with E-state index in [9.17, 15) is 19.8 Å². The normalized spacial score (nSPS) is 54.5. The van der Waals surface area contributed by atoms with E-state index in [1.165, 1.54) is 14.0 Å². The zero-order chi connectivity index (χ0) is 29.8. The Labute approximate surface area is 247 Å². The van der Waals surface area contributed by atoms with Gasteiger partial charge in [-0.15, -0.1) is 0 Å². The number of methoxy groups -OCH3 is 1. The van der Waals surface area contributed by atoms with E-state index in [4.69, 9.17) is 28.4 Å². The van der Waals surface area contributed by atoms with Crippen LogP contribution in [-0.2, 0) is 38.0 Å². The van der Waals surface area contributed by atoms with Crippen LogP contribution in [0.3, 0.4) is 0 Å². The third-order valence-electron chi connectivity index (χ3n) is 12.9. The third kappa shape index (κ3) is 4.04. The second kappa shape index (κ2) is 9.97. The molecule has 3 heterocycles. The lowest BCUT2D eigenvalue weighted by Gasteiger charge is -2.62. The molecule has 10 heteroatoms. The first-order valence-corrected chi connectivity index (χ1v) is 15.9. The number of carbonyl (C=O) groups is 2. The van der Waals surface area contributed by atoms with Crippen molar-refractivity contribution in [1.29, 1.82) is 0 Å². The van der Waals surface area contributed by atoms with Crippen molar-refractivity contribution in [2.75, 3.05) is 13.7 Å². The first-order valence-electron chi connectivity index (χ1n) is 15.9. The van der Waals surface area contributed by atoms with Crippen molar-refractivity contribution in [3.05, 3.63) is 11.6 Å². The van der Waals surface area contributed by atoms with Gasteiger partial charge >= 0.3 is 11.9 Å². The van der Waals surface area contributed by atoms with E-state index in [1.807, 2.05) is 0 Å². The Balaban J connectivity index is 1.09. The molecule has 0 aromatic heterocycles. The largest absolute Gasteiger partial charge is 0.458 e. The van der Waals surface area contributed by atoms with Crippen molar-refractivity contribution in [2.45, 2.75) is 127 Å². The Morgan fingerprint density at radius 3 is 2.57 bits per heavy atom. The summed E-state index contributed by atoms with van der Waals surface area (Å²) in [6.07, 6.45) is 3.87. The molecule has 4 aliphatic carbocycles. The summed E-state index contributed by atoms with van der Waals surface area (Å²) in [5.74, 6) is 0.147. The zero-order valence-corrected chi connectivity index (χ0v) is 25.3. The van der Waals surface area contributed by atoms with E-state index < -0.39 is 47.7 Å². The molecule has 4 saturated carbocycles. The minimum Gasteiger partial charge on any atom is -0.458 e. The Hall–Kier alpha value is -1.56. The lowest BCUT2D eigenvalue weighted by molar-refractivity contribution is -0.315. The van der Waals surface area contributed by atoms with Crippen LogP contribution in [0.4, 0.5) is 0 Å². The first kappa shape index (κ1) is 29.2. The number of hydrogen-bond donors (Lipinski definition) is 2. The Bertz CT molecular complexity index is 1160. The monoisotopic (exact) mass is 590 g/mol. The fraction of sp³-hybridized carbons (Fsp3) is 0.875. The van der Waals surface area contributed by atoms with Gasteiger partial charge in [0.1, 0.15) is 18.8 Å². The van der Waals surface area contributed by atoms with Crippen molar-refractivity contribution in [2.24, 2.45) is 34.5 Å². The molecule has 0 aromatic rings. The number of carbonyl (C=O) groups excluding carboxylic acids is 2. The lowest BCUT2D eigenvalue weighted by Crippen LogP contribution is -2.65. The molecule has 0 aromatic carbocycles. The Morgan fingerprint density at radius 1 is 1.10 bits per heavy atom. The van der Waals surface area contributed by atoms with Gasteiger partial charge in [-0.25, -0.2) is 4.79 Å². The van der Waals surface area contributed by atoms with Crippen LogP contribution < -0.4 is 0 Å². The summed E-state index contributed by atoms with van der Waals surface area (Å²) in [5.41, 5.74) is -0.249. The SMILES string of the molecule is COC1C(O)C(C)OC(OC2CCC3(C)C(CCC4C3C3OC3C3(C)C(C5=CC(=O)OC5)CCC43O)C2)C1OC(C)=O. The number of epoxide rings is 1. The van der Waals surface area contributed by atoms with Gasteiger partial charge in [-0.05, 0) is 86.5 Å². The summed E-state index contributed by atoms with van der Waals surface area (Å²) in [5, 5.41) is 23.2. The molecular formula is C32H46O10. The van der Waals surface area contributed by atoms with Crippen molar-refractivity contribution in [3.63, 3.8) is 0 Å². The van der Waals surface area contributed by atoms with Gasteiger partial charge in [0.2, 0.25) is 0 Å². The van der Waals surface area contributed by atoms with E-state index >= 15 is 0 Å². The molecule has 2 N–H and O–H groups in total. The van der Waals surface area contributed by atoms with Crippen molar-refractivity contribution >= 4 is 11.9 Å². The highest BCUT2D eigenvalue weighted by molar-refractivity contribution is 5.85. The predicted octanol–water partition coefficient (Wildman–Crippen LogP) is 2.67. The summed E-state index contributed by atoms with van der Waals surface area (Å²) in [6, 6.07) is 0. The topological polar surface area (TPSA) is 133 Å². The van der Waals surface area contributed by atoms with Crippen LogP contribution in [-0.4, -0.2) is 90.5 Å². The molecule has 10 nitrogen and oxygen atoms in total. The number of aliphatic hydroxyl groups is 2. The maximum atomic E-state index is 12.6. The van der Waals surface area contributed by atoms with Crippen LogP contribution in [0, 0.1) is 34.5 Å². The molecule has 7 rings (SSSR count). The molecule has 3 aliphatic heterocycles. The number of rotatable bonds is 5. The van der Waals surface area contributed by atoms with Crippen LogP contribution in [0.15, 0.2) is 11.6 Å². The van der Waals surface area contributed by atoms with E-state index in [0.29, 0.717) is 12.5 Å². The maximum absolute atomic E-state index is 12.6. The van der Waals surface area contributed by atoms with E-state index in [-0.39, 0.29) is 47.4 Å². The molecular weight excluding hydrogens is 544 g/mol. The Kier molecular flexibility index (Phi) is 6.93. The number of fused-ring (bicyclic) bond motifs is 8. The average molecular weight is 591 g/mol. The fourth-order valence-corrected chi connectivity index (χ4v) is 10.7. The minimum absolute atomic E-state index is 0.00427. The first-order chi connectivity index (χ1) is 19.9. The highest BCUT2D eigenvalue weighted by atomic mass is 16.7. The van der Waals surface area contributed by atoms with Gasteiger partial charge in [0.05, 0.1) is 30.0 Å². The number of aliphatic hydroxyl groups excluding tert-OH is 1.